The third-order valence-corrected chi connectivity index (χ3v) is 4.59. The van der Waals surface area contributed by atoms with E-state index in [9.17, 15) is 9.59 Å². The van der Waals surface area contributed by atoms with Crippen molar-refractivity contribution in [1.29, 1.82) is 0 Å². The van der Waals surface area contributed by atoms with Gasteiger partial charge in [0.2, 0.25) is 0 Å². The number of amides is 2. The second-order valence-corrected chi connectivity index (χ2v) is 6.54. The number of hydrogen-bond donors (Lipinski definition) is 2. The summed E-state index contributed by atoms with van der Waals surface area (Å²) >= 11 is 0. The topological polar surface area (TPSA) is 61.4 Å². The van der Waals surface area contributed by atoms with E-state index in [4.69, 9.17) is 0 Å². The number of piperidine rings is 1. The molecule has 0 unspecified atom stereocenters. The van der Waals surface area contributed by atoms with E-state index in [1.54, 1.807) is 0 Å². The number of carbonyl (C=O) groups excluding carboxylic acids is 2. The van der Waals surface area contributed by atoms with E-state index >= 15 is 0 Å². The van der Waals surface area contributed by atoms with Crippen LogP contribution < -0.4 is 15.5 Å². The molecule has 1 heterocycles. The average molecular weight is 351 g/mol. The standard InChI is InChI=1S/C21H25N3O2/c25-20(22-14-13-17-7-3-1-4-8-17)21(26)23-18-9-11-19(12-10-18)24-15-5-2-6-16-24/h1,3-4,7-12H,2,5-6,13-16H2,(H,22,25)(H,23,26). The van der Waals surface area contributed by atoms with E-state index in [1.807, 2.05) is 54.6 Å². The lowest BCUT2D eigenvalue weighted by Crippen LogP contribution is -2.36. The van der Waals surface area contributed by atoms with Crippen LogP contribution in [0.15, 0.2) is 54.6 Å². The van der Waals surface area contributed by atoms with Gasteiger partial charge >= 0.3 is 11.8 Å². The number of nitrogens with one attached hydrogen (secondary N) is 2. The zero-order valence-corrected chi connectivity index (χ0v) is 14.9. The molecular formula is C21H25N3O2. The van der Waals surface area contributed by atoms with Crippen LogP contribution in [0.2, 0.25) is 0 Å². The Hall–Kier alpha value is -2.82. The Morgan fingerprint density at radius 1 is 0.846 bits per heavy atom. The minimum absolute atomic E-state index is 0.435. The molecule has 5 nitrogen and oxygen atoms in total. The Kier molecular flexibility index (Phi) is 6.25. The van der Waals surface area contributed by atoms with Crippen molar-refractivity contribution in [3.63, 3.8) is 0 Å². The van der Waals surface area contributed by atoms with Crippen LogP contribution in [0, 0.1) is 0 Å². The van der Waals surface area contributed by atoms with Crippen LogP contribution in [-0.4, -0.2) is 31.4 Å². The molecule has 0 aliphatic carbocycles. The van der Waals surface area contributed by atoms with Gasteiger partial charge in [-0.05, 0) is 55.5 Å². The van der Waals surface area contributed by atoms with Gasteiger partial charge in [-0.1, -0.05) is 30.3 Å². The van der Waals surface area contributed by atoms with Gasteiger partial charge in [0.05, 0.1) is 0 Å². The summed E-state index contributed by atoms with van der Waals surface area (Å²) in [5.74, 6) is -1.25. The van der Waals surface area contributed by atoms with E-state index < -0.39 is 11.8 Å². The summed E-state index contributed by atoms with van der Waals surface area (Å²) in [6.07, 6.45) is 4.44. The van der Waals surface area contributed by atoms with E-state index in [0.29, 0.717) is 18.7 Å². The maximum atomic E-state index is 12.0. The van der Waals surface area contributed by atoms with Gasteiger partial charge in [0.15, 0.2) is 0 Å². The Labute approximate surface area is 154 Å². The summed E-state index contributed by atoms with van der Waals surface area (Å²) in [6, 6.07) is 17.5. The minimum atomic E-state index is -0.635. The van der Waals surface area contributed by atoms with Gasteiger partial charge < -0.3 is 15.5 Å². The summed E-state index contributed by atoms with van der Waals surface area (Å²) in [4.78, 5) is 26.3. The van der Waals surface area contributed by atoms with Crippen LogP contribution in [0.1, 0.15) is 24.8 Å². The SMILES string of the molecule is O=C(NCCc1ccccc1)C(=O)Nc1ccc(N2CCCCC2)cc1. The van der Waals surface area contributed by atoms with Gasteiger partial charge in [-0.2, -0.15) is 0 Å². The summed E-state index contributed by atoms with van der Waals surface area (Å²) in [5, 5.41) is 5.31. The van der Waals surface area contributed by atoms with Crippen molar-refractivity contribution in [1.82, 2.24) is 5.32 Å². The Balaban J connectivity index is 1.45. The van der Waals surface area contributed by atoms with Gasteiger partial charge in [-0.25, -0.2) is 0 Å². The maximum absolute atomic E-state index is 12.0. The summed E-state index contributed by atoms with van der Waals surface area (Å²) in [7, 11) is 0. The third kappa shape index (κ3) is 5.09. The monoisotopic (exact) mass is 351 g/mol. The lowest BCUT2D eigenvalue weighted by molar-refractivity contribution is -0.136. The fraction of sp³-hybridized carbons (Fsp3) is 0.333. The van der Waals surface area contributed by atoms with Gasteiger partial charge in [0.25, 0.3) is 0 Å². The number of nitrogens with zero attached hydrogens (tertiary/aromatic N) is 1. The lowest BCUT2D eigenvalue weighted by Gasteiger charge is -2.28. The first-order valence-corrected chi connectivity index (χ1v) is 9.20. The molecule has 136 valence electrons. The molecule has 0 radical (unpaired) electrons. The van der Waals surface area contributed by atoms with Gasteiger partial charge in [0.1, 0.15) is 0 Å². The van der Waals surface area contributed by atoms with Crippen molar-refractivity contribution in [2.45, 2.75) is 25.7 Å². The van der Waals surface area contributed by atoms with Crippen LogP contribution in [0.4, 0.5) is 11.4 Å². The molecule has 26 heavy (non-hydrogen) atoms. The summed E-state index contributed by atoms with van der Waals surface area (Å²) < 4.78 is 0. The molecule has 0 spiro atoms. The Morgan fingerprint density at radius 2 is 1.54 bits per heavy atom. The number of carbonyl (C=O) groups is 2. The molecule has 1 aliphatic heterocycles. The molecule has 0 aromatic heterocycles. The fourth-order valence-electron chi connectivity index (χ4n) is 3.14. The highest BCUT2D eigenvalue weighted by Crippen LogP contribution is 2.21. The maximum Gasteiger partial charge on any atom is 0.313 e. The van der Waals surface area contributed by atoms with Crippen LogP contribution in [0.3, 0.4) is 0 Å². The van der Waals surface area contributed by atoms with Gasteiger partial charge in [-0.3, -0.25) is 9.59 Å². The first kappa shape index (κ1) is 18.0. The van der Waals surface area contributed by atoms with Crippen LogP contribution in [0.5, 0.6) is 0 Å². The highest BCUT2D eigenvalue weighted by molar-refractivity contribution is 6.39. The molecule has 2 aromatic carbocycles. The van der Waals surface area contributed by atoms with Gasteiger partial charge in [-0.15, -0.1) is 0 Å². The van der Waals surface area contributed by atoms with Crippen LogP contribution in [0.25, 0.3) is 0 Å². The summed E-state index contributed by atoms with van der Waals surface area (Å²) in [5.41, 5.74) is 2.92. The van der Waals surface area contributed by atoms with Gasteiger partial charge in [0, 0.05) is 31.0 Å². The third-order valence-electron chi connectivity index (χ3n) is 4.59. The fourth-order valence-corrected chi connectivity index (χ4v) is 3.14. The highest BCUT2D eigenvalue weighted by atomic mass is 16.2. The van der Waals surface area contributed by atoms with E-state index in [2.05, 4.69) is 15.5 Å². The van der Waals surface area contributed by atoms with Crippen molar-refractivity contribution in [3.05, 3.63) is 60.2 Å². The number of anilines is 2. The molecule has 1 fully saturated rings. The normalized spacial score (nSPS) is 13.9. The van der Waals surface area contributed by atoms with Crippen molar-refractivity contribution in [2.24, 2.45) is 0 Å². The van der Waals surface area contributed by atoms with Crippen molar-refractivity contribution < 1.29 is 9.59 Å². The zero-order valence-electron chi connectivity index (χ0n) is 14.9. The lowest BCUT2D eigenvalue weighted by atomic mass is 10.1. The Morgan fingerprint density at radius 3 is 2.23 bits per heavy atom. The van der Waals surface area contributed by atoms with Crippen LogP contribution in [-0.2, 0) is 16.0 Å². The predicted molar refractivity (Wildman–Crippen MR) is 104 cm³/mol. The number of hydrogen-bond acceptors (Lipinski definition) is 3. The Bertz CT molecular complexity index is 723. The molecule has 0 bridgehead atoms. The molecule has 3 rings (SSSR count). The molecule has 0 atom stereocenters. The highest BCUT2D eigenvalue weighted by Gasteiger charge is 2.14. The first-order valence-electron chi connectivity index (χ1n) is 9.20. The zero-order chi connectivity index (χ0) is 18.2. The largest absolute Gasteiger partial charge is 0.372 e. The van der Waals surface area contributed by atoms with Crippen LogP contribution >= 0.6 is 0 Å². The number of benzene rings is 2. The van der Waals surface area contributed by atoms with Crippen molar-refractivity contribution in [3.8, 4) is 0 Å². The second-order valence-electron chi connectivity index (χ2n) is 6.54. The molecule has 1 saturated heterocycles. The van der Waals surface area contributed by atoms with E-state index in [-0.39, 0.29) is 0 Å². The smallest absolute Gasteiger partial charge is 0.313 e. The average Bonchev–Trinajstić information content (AvgIpc) is 2.70. The molecular weight excluding hydrogens is 326 g/mol. The molecule has 0 saturated carbocycles. The molecule has 1 aliphatic rings. The predicted octanol–water partition coefficient (Wildman–Crippen LogP) is 2.97. The van der Waals surface area contributed by atoms with E-state index in [0.717, 1.165) is 24.3 Å². The van der Waals surface area contributed by atoms with Crippen molar-refractivity contribution in [2.75, 3.05) is 29.9 Å². The molecule has 2 amide bonds. The molecule has 5 heteroatoms. The molecule has 2 N–H and O–H groups in total. The minimum Gasteiger partial charge on any atom is -0.372 e. The van der Waals surface area contributed by atoms with E-state index in [1.165, 1.54) is 19.3 Å². The summed E-state index contributed by atoms with van der Waals surface area (Å²) in [6.45, 7) is 2.59. The molecule has 2 aromatic rings. The number of rotatable bonds is 5. The second kappa shape index (κ2) is 9.04. The first-order chi connectivity index (χ1) is 12.7. The van der Waals surface area contributed by atoms with Crippen molar-refractivity contribution >= 4 is 23.2 Å². The quantitative estimate of drug-likeness (QED) is 0.814.